The lowest BCUT2D eigenvalue weighted by Gasteiger charge is -2.48. The second-order valence-corrected chi connectivity index (χ2v) is 7.77. The van der Waals surface area contributed by atoms with Gasteiger partial charge < -0.3 is 40.1 Å². The molecule has 142 valence electrons. The Balaban J connectivity index is 2.06. The molecule has 2 fully saturated rings. The fourth-order valence-electron chi connectivity index (χ4n) is 3.47. The van der Waals surface area contributed by atoms with Gasteiger partial charge in [0.1, 0.15) is 24.4 Å². The van der Waals surface area contributed by atoms with Crippen molar-refractivity contribution in [3.8, 4) is 0 Å². The fourth-order valence-corrected chi connectivity index (χ4v) is 3.47. The minimum atomic E-state index is -1.52. The lowest BCUT2D eigenvalue weighted by atomic mass is 9.71. The van der Waals surface area contributed by atoms with Gasteiger partial charge in [-0.25, -0.2) is 0 Å². The zero-order valence-corrected chi connectivity index (χ0v) is 14.4. The molecule has 0 aromatic carbocycles. The van der Waals surface area contributed by atoms with Gasteiger partial charge in [-0.1, -0.05) is 0 Å². The Bertz CT molecular complexity index is 423. The molecule has 1 saturated carbocycles. The van der Waals surface area contributed by atoms with Crippen molar-refractivity contribution < 1.29 is 40.1 Å². The van der Waals surface area contributed by atoms with E-state index in [1.165, 1.54) is 0 Å². The number of hydrogen-bond acceptors (Lipinski definition) is 8. The number of rotatable bonds is 4. The van der Waals surface area contributed by atoms with Crippen molar-refractivity contribution in [1.29, 1.82) is 0 Å². The van der Waals surface area contributed by atoms with Crippen molar-refractivity contribution in [2.24, 2.45) is 5.92 Å². The van der Waals surface area contributed by atoms with Gasteiger partial charge in [-0.3, -0.25) is 0 Å². The van der Waals surface area contributed by atoms with Crippen LogP contribution in [-0.2, 0) is 9.47 Å². The van der Waals surface area contributed by atoms with Crippen molar-refractivity contribution in [3.05, 3.63) is 0 Å². The average molecular weight is 350 g/mol. The maximum Gasteiger partial charge on any atom is 0.187 e. The summed E-state index contributed by atoms with van der Waals surface area (Å²) in [4.78, 5) is 0. The first-order chi connectivity index (χ1) is 11.0. The largest absolute Gasteiger partial charge is 0.394 e. The molecule has 8 nitrogen and oxygen atoms in total. The molecule has 0 aromatic rings. The molecule has 0 unspecified atom stereocenters. The van der Waals surface area contributed by atoms with Crippen LogP contribution in [0.25, 0.3) is 0 Å². The first-order valence-corrected chi connectivity index (χ1v) is 8.38. The summed E-state index contributed by atoms with van der Waals surface area (Å²) in [7, 11) is 0. The van der Waals surface area contributed by atoms with Gasteiger partial charge in [-0.15, -0.1) is 0 Å². The van der Waals surface area contributed by atoms with E-state index in [1.54, 1.807) is 20.8 Å². The van der Waals surface area contributed by atoms with Gasteiger partial charge in [-0.05, 0) is 46.0 Å². The maximum atomic E-state index is 10.5. The molecule has 1 heterocycles. The fraction of sp³-hybridized carbons (Fsp3) is 1.00. The van der Waals surface area contributed by atoms with E-state index < -0.39 is 54.6 Å². The Labute approximate surface area is 141 Å². The minimum Gasteiger partial charge on any atom is -0.394 e. The van der Waals surface area contributed by atoms with Crippen LogP contribution in [0.2, 0.25) is 0 Å². The van der Waals surface area contributed by atoms with Gasteiger partial charge >= 0.3 is 0 Å². The zero-order chi connectivity index (χ0) is 18.3. The van der Waals surface area contributed by atoms with Crippen LogP contribution in [0.5, 0.6) is 0 Å². The standard InChI is InChI=1S/C16H30O8/c1-15(2,22)8-4-5-16(3,10(18)6-8)24-14-13(21)12(20)11(19)9(7-17)23-14/h8-14,17-22H,4-7H2,1-3H3/t8-,9-,10+,11-,12+,13-,14+,16+/m0/s1. The van der Waals surface area contributed by atoms with Crippen molar-refractivity contribution in [3.63, 3.8) is 0 Å². The predicted molar refractivity (Wildman–Crippen MR) is 82.9 cm³/mol. The Hall–Kier alpha value is -0.320. The van der Waals surface area contributed by atoms with Gasteiger partial charge in [0.05, 0.1) is 23.9 Å². The molecular formula is C16H30O8. The summed E-state index contributed by atoms with van der Waals surface area (Å²) in [6, 6.07) is 0. The van der Waals surface area contributed by atoms with Crippen LogP contribution in [0.3, 0.4) is 0 Å². The Morgan fingerprint density at radius 1 is 1.12 bits per heavy atom. The van der Waals surface area contributed by atoms with Crippen molar-refractivity contribution >= 4 is 0 Å². The first kappa shape index (κ1) is 20.0. The second-order valence-electron chi connectivity index (χ2n) is 7.77. The predicted octanol–water partition coefficient (Wildman–Crippen LogP) is -1.51. The average Bonchev–Trinajstić information content (AvgIpc) is 2.49. The SMILES string of the molecule is CC(C)(O)[C@H]1CC[C@@](C)(O[C@H]2O[C@@H](CO)[C@H](O)[C@@H](O)[C@@H]2O)[C@H](O)C1. The monoisotopic (exact) mass is 350 g/mol. The number of aliphatic hydroxyl groups excluding tert-OH is 5. The highest BCUT2D eigenvalue weighted by Crippen LogP contribution is 2.41. The third-order valence-electron chi connectivity index (χ3n) is 5.43. The van der Waals surface area contributed by atoms with E-state index in [1.807, 2.05) is 0 Å². The van der Waals surface area contributed by atoms with Crippen LogP contribution >= 0.6 is 0 Å². The van der Waals surface area contributed by atoms with Crippen molar-refractivity contribution in [1.82, 2.24) is 0 Å². The molecule has 0 spiro atoms. The molecule has 2 rings (SSSR count). The third kappa shape index (κ3) is 3.91. The van der Waals surface area contributed by atoms with Crippen molar-refractivity contribution in [2.45, 2.75) is 88.0 Å². The van der Waals surface area contributed by atoms with Crippen LogP contribution < -0.4 is 0 Å². The Kier molecular flexibility index (Phi) is 5.94. The van der Waals surface area contributed by atoms with E-state index >= 15 is 0 Å². The van der Waals surface area contributed by atoms with Crippen LogP contribution in [-0.4, -0.2) is 85.3 Å². The molecule has 0 amide bonds. The summed E-state index contributed by atoms with van der Waals surface area (Å²) in [5.74, 6) is -0.0843. The molecule has 6 N–H and O–H groups in total. The molecule has 0 bridgehead atoms. The number of aliphatic hydroxyl groups is 6. The zero-order valence-electron chi connectivity index (χ0n) is 14.4. The number of ether oxygens (including phenoxy) is 2. The topological polar surface area (TPSA) is 140 Å². The molecule has 1 saturated heterocycles. The summed E-state index contributed by atoms with van der Waals surface area (Å²) < 4.78 is 11.1. The summed E-state index contributed by atoms with van der Waals surface area (Å²) in [6.07, 6.45) is -6.32. The van der Waals surface area contributed by atoms with Crippen LogP contribution in [0.4, 0.5) is 0 Å². The quantitative estimate of drug-likeness (QED) is 0.360. The van der Waals surface area contributed by atoms with E-state index in [4.69, 9.17) is 9.47 Å². The lowest BCUT2D eigenvalue weighted by Crippen LogP contribution is -2.62. The van der Waals surface area contributed by atoms with Gasteiger partial charge in [-0.2, -0.15) is 0 Å². The summed E-state index contributed by atoms with van der Waals surface area (Å²) >= 11 is 0. The third-order valence-corrected chi connectivity index (χ3v) is 5.43. The lowest BCUT2D eigenvalue weighted by molar-refractivity contribution is -0.338. The molecule has 8 atom stereocenters. The van der Waals surface area contributed by atoms with Crippen LogP contribution in [0, 0.1) is 5.92 Å². The molecule has 1 aliphatic heterocycles. The summed E-state index contributed by atoms with van der Waals surface area (Å²) in [5.41, 5.74) is -1.94. The highest BCUT2D eigenvalue weighted by Gasteiger charge is 2.50. The van der Waals surface area contributed by atoms with Crippen LogP contribution in [0.1, 0.15) is 40.0 Å². The van der Waals surface area contributed by atoms with E-state index in [9.17, 15) is 30.6 Å². The van der Waals surface area contributed by atoms with Gasteiger partial charge in [0, 0.05) is 0 Å². The van der Waals surface area contributed by atoms with Crippen molar-refractivity contribution in [2.75, 3.05) is 6.61 Å². The first-order valence-electron chi connectivity index (χ1n) is 8.38. The van der Waals surface area contributed by atoms with E-state index in [0.717, 1.165) is 0 Å². The molecule has 24 heavy (non-hydrogen) atoms. The molecule has 0 aromatic heterocycles. The van der Waals surface area contributed by atoms with Gasteiger partial charge in [0.2, 0.25) is 0 Å². The molecule has 1 aliphatic carbocycles. The summed E-state index contributed by atoms with van der Waals surface area (Å²) in [5, 5.41) is 59.5. The minimum absolute atomic E-state index is 0.0843. The normalized spacial score (nSPS) is 47.6. The maximum absolute atomic E-state index is 10.5. The molecule has 2 aliphatic rings. The van der Waals surface area contributed by atoms with Gasteiger partial charge in [0.15, 0.2) is 6.29 Å². The van der Waals surface area contributed by atoms with Gasteiger partial charge in [0.25, 0.3) is 0 Å². The smallest absolute Gasteiger partial charge is 0.187 e. The highest BCUT2D eigenvalue weighted by atomic mass is 16.7. The van der Waals surface area contributed by atoms with E-state index in [2.05, 4.69) is 0 Å². The Morgan fingerprint density at radius 3 is 2.25 bits per heavy atom. The van der Waals surface area contributed by atoms with E-state index in [-0.39, 0.29) is 5.92 Å². The summed E-state index contributed by atoms with van der Waals surface area (Å²) in [6.45, 7) is 4.54. The molecule has 0 radical (unpaired) electrons. The van der Waals surface area contributed by atoms with Crippen LogP contribution in [0.15, 0.2) is 0 Å². The van der Waals surface area contributed by atoms with E-state index in [0.29, 0.717) is 19.3 Å². The number of hydrogen-bond donors (Lipinski definition) is 6. The second kappa shape index (κ2) is 7.13. The highest BCUT2D eigenvalue weighted by molar-refractivity contribution is 4.97. The molecule has 8 heteroatoms. The molecular weight excluding hydrogens is 320 g/mol. The Morgan fingerprint density at radius 2 is 1.75 bits per heavy atom.